The first kappa shape index (κ1) is 13.7. The minimum atomic E-state index is -0.381. The van der Waals surface area contributed by atoms with Crippen molar-refractivity contribution in [3.63, 3.8) is 0 Å². The van der Waals surface area contributed by atoms with E-state index < -0.39 is 0 Å². The van der Waals surface area contributed by atoms with Gasteiger partial charge in [-0.25, -0.2) is 0 Å². The highest BCUT2D eigenvalue weighted by Crippen LogP contribution is 2.29. The average molecular weight is 270 g/mol. The number of hydrogen-bond donors (Lipinski definition) is 3. The van der Waals surface area contributed by atoms with Crippen LogP contribution in [-0.4, -0.2) is 21.1 Å². The largest absolute Gasteiger partial charge is 0.507 e. The van der Waals surface area contributed by atoms with Crippen LogP contribution in [0.2, 0.25) is 0 Å². The van der Waals surface area contributed by atoms with Gasteiger partial charge in [-0.1, -0.05) is 23.8 Å². The van der Waals surface area contributed by atoms with E-state index in [-0.39, 0.29) is 28.6 Å². The van der Waals surface area contributed by atoms with E-state index in [9.17, 15) is 20.1 Å². The van der Waals surface area contributed by atoms with Crippen molar-refractivity contribution in [3.05, 3.63) is 59.2 Å². The molecule has 0 radical (unpaired) electrons. The van der Waals surface area contributed by atoms with E-state index in [1.165, 1.54) is 24.3 Å². The third-order valence-corrected chi connectivity index (χ3v) is 2.88. The van der Waals surface area contributed by atoms with Gasteiger partial charge in [-0.15, -0.1) is 0 Å². The molecular weight excluding hydrogens is 256 g/mol. The van der Waals surface area contributed by atoms with Gasteiger partial charge < -0.3 is 15.3 Å². The molecule has 3 N–H and O–H groups in total. The number of rotatable bonds is 3. The van der Waals surface area contributed by atoms with Crippen LogP contribution in [0.5, 0.6) is 17.2 Å². The second-order valence-corrected chi connectivity index (χ2v) is 4.43. The molecule has 0 atom stereocenters. The molecule has 4 heteroatoms. The number of allylic oxidation sites excluding steroid dienone is 1. The molecule has 0 fully saturated rings. The summed E-state index contributed by atoms with van der Waals surface area (Å²) in [6.45, 7) is 1.82. The van der Waals surface area contributed by atoms with Gasteiger partial charge in [-0.3, -0.25) is 4.79 Å². The summed E-state index contributed by atoms with van der Waals surface area (Å²) in [5.74, 6) is -1.01. The molecule has 0 unspecified atom stereocenters. The van der Waals surface area contributed by atoms with Crippen molar-refractivity contribution in [2.45, 2.75) is 6.92 Å². The van der Waals surface area contributed by atoms with Gasteiger partial charge in [0, 0.05) is 5.56 Å². The molecule has 0 aliphatic carbocycles. The highest BCUT2D eigenvalue weighted by Gasteiger charge is 2.09. The Morgan fingerprint density at radius 1 is 1.05 bits per heavy atom. The fourth-order valence-electron chi connectivity index (χ4n) is 1.79. The fourth-order valence-corrected chi connectivity index (χ4v) is 1.79. The SMILES string of the molecule is Cc1ccc(O)c(C(=O)/C=C/c2cccc(O)c2O)c1. The number of aromatic hydroxyl groups is 3. The maximum Gasteiger partial charge on any atom is 0.189 e. The zero-order valence-corrected chi connectivity index (χ0v) is 10.9. The van der Waals surface area contributed by atoms with Gasteiger partial charge in [0.2, 0.25) is 0 Å². The lowest BCUT2D eigenvalue weighted by Crippen LogP contribution is -1.95. The van der Waals surface area contributed by atoms with Crippen LogP contribution in [-0.2, 0) is 0 Å². The molecule has 0 bridgehead atoms. The van der Waals surface area contributed by atoms with E-state index in [0.29, 0.717) is 5.56 Å². The summed E-state index contributed by atoms with van der Waals surface area (Å²) in [4.78, 5) is 12.0. The summed E-state index contributed by atoms with van der Waals surface area (Å²) >= 11 is 0. The number of phenols is 3. The molecule has 2 aromatic carbocycles. The van der Waals surface area contributed by atoms with Gasteiger partial charge in [0.1, 0.15) is 5.75 Å². The number of para-hydroxylation sites is 1. The number of aryl methyl sites for hydroxylation is 1. The molecular formula is C16H14O4. The van der Waals surface area contributed by atoms with Gasteiger partial charge in [-0.05, 0) is 37.3 Å². The third-order valence-electron chi connectivity index (χ3n) is 2.88. The van der Waals surface area contributed by atoms with Crippen LogP contribution < -0.4 is 0 Å². The standard InChI is InChI=1S/C16H14O4/c1-10-5-7-13(17)12(9-10)14(18)8-6-11-3-2-4-15(19)16(11)20/h2-9,17,19-20H,1H3/b8-6+. The normalized spacial score (nSPS) is 10.8. The first-order valence-electron chi connectivity index (χ1n) is 6.02. The summed E-state index contributed by atoms with van der Waals surface area (Å²) < 4.78 is 0. The predicted molar refractivity (Wildman–Crippen MR) is 76.0 cm³/mol. The van der Waals surface area contributed by atoms with E-state index >= 15 is 0 Å². The molecule has 0 amide bonds. The summed E-state index contributed by atoms with van der Waals surface area (Å²) in [6, 6.07) is 9.22. The van der Waals surface area contributed by atoms with Crippen LogP contribution in [0.25, 0.3) is 6.08 Å². The molecule has 2 aromatic rings. The quantitative estimate of drug-likeness (QED) is 0.455. The topological polar surface area (TPSA) is 77.8 Å². The lowest BCUT2D eigenvalue weighted by Gasteiger charge is -2.03. The van der Waals surface area contributed by atoms with Crippen LogP contribution in [0, 0.1) is 6.92 Å². The second-order valence-electron chi connectivity index (χ2n) is 4.43. The van der Waals surface area contributed by atoms with Crippen molar-refractivity contribution in [1.82, 2.24) is 0 Å². The molecule has 2 rings (SSSR count). The Bertz CT molecular complexity index is 687. The van der Waals surface area contributed by atoms with Crippen molar-refractivity contribution >= 4 is 11.9 Å². The average Bonchev–Trinajstić information content (AvgIpc) is 2.43. The van der Waals surface area contributed by atoms with E-state index in [4.69, 9.17) is 0 Å². The van der Waals surface area contributed by atoms with Gasteiger partial charge in [0.05, 0.1) is 5.56 Å². The van der Waals surface area contributed by atoms with Crippen molar-refractivity contribution in [2.75, 3.05) is 0 Å². The van der Waals surface area contributed by atoms with E-state index in [1.807, 2.05) is 6.92 Å². The zero-order chi connectivity index (χ0) is 14.7. The van der Waals surface area contributed by atoms with Gasteiger partial charge in [0.25, 0.3) is 0 Å². The predicted octanol–water partition coefficient (Wildman–Crippen LogP) is 3.01. The third kappa shape index (κ3) is 2.80. The van der Waals surface area contributed by atoms with Crippen molar-refractivity contribution in [1.29, 1.82) is 0 Å². The number of ketones is 1. The number of phenolic OH excluding ortho intramolecular Hbond substituents is 3. The number of carbonyl (C=O) groups is 1. The Morgan fingerprint density at radius 2 is 1.80 bits per heavy atom. The van der Waals surface area contributed by atoms with Crippen molar-refractivity contribution in [2.24, 2.45) is 0 Å². The van der Waals surface area contributed by atoms with Crippen LogP contribution in [0.3, 0.4) is 0 Å². The van der Waals surface area contributed by atoms with Crippen molar-refractivity contribution in [3.8, 4) is 17.2 Å². The minimum Gasteiger partial charge on any atom is -0.507 e. The van der Waals surface area contributed by atoms with E-state index in [2.05, 4.69) is 0 Å². The Kier molecular flexibility index (Phi) is 3.75. The van der Waals surface area contributed by atoms with E-state index in [0.717, 1.165) is 5.56 Å². The lowest BCUT2D eigenvalue weighted by atomic mass is 10.1. The maximum absolute atomic E-state index is 12.0. The number of hydrogen-bond acceptors (Lipinski definition) is 4. The molecule has 102 valence electrons. The van der Waals surface area contributed by atoms with Crippen LogP contribution in [0.4, 0.5) is 0 Å². The molecule has 0 spiro atoms. The smallest absolute Gasteiger partial charge is 0.189 e. The summed E-state index contributed by atoms with van der Waals surface area (Å²) in [5.41, 5.74) is 1.38. The number of benzene rings is 2. The molecule has 0 aliphatic rings. The van der Waals surface area contributed by atoms with Crippen LogP contribution in [0.15, 0.2) is 42.5 Å². The molecule has 0 saturated carbocycles. The summed E-state index contributed by atoms with van der Waals surface area (Å²) in [5, 5.41) is 28.6. The highest BCUT2D eigenvalue weighted by molar-refractivity contribution is 6.08. The molecule has 0 aromatic heterocycles. The van der Waals surface area contributed by atoms with Crippen molar-refractivity contribution < 1.29 is 20.1 Å². The van der Waals surface area contributed by atoms with Gasteiger partial charge in [-0.2, -0.15) is 0 Å². The maximum atomic E-state index is 12.0. The minimum absolute atomic E-state index is 0.0922. The molecule has 0 heterocycles. The first-order chi connectivity index (χ1) is 9.49. The highest BCUT2D eigenvalue weighted by atomic mass is 16.3. The van der Waals surface area contributed by atoms with Crippen LogP contribution in [0.1, 0.15) is 21.5 Å². The Hall–Kier alpha value is -2.75. The molecule has 0 aliphatic heterocycles. The van der Waals surface area contributed by atoms with Gasteiger partial charge >= 0.3 is 0 Å². The zero-order valence-electron chi connectivity index (χ0n) is 10.9. The fraction of sp³-hybridized carbons (Fsp3) is 0.0625. The molecule has 0 saturated heterocycles. The molecule has 20 heavy (non-hydrogen) atoms. The first-order valence-corrected chi connectivity index (χ1v) is 6.02. The molecule has 4 nitrogen and oxygen atoms in total. The Labute approximate surface area is 116 Å². The van der Waals surface area contributed by atoms with Gasteiger partial charge in [0.15, 0.2) is 17.3 Å². The summed E-state index contributed by atoms with van der Waals surface area (Å²) in [6.07, 6.45) is 2.63. The summed E-state index contributed by atoms with van der Waals surface area (Å²) in [7, 11) is 0. The van der Waals surface area contributed by atoms with E-state index in [1.54, 1.807) is 24.3 Å². The monoisotopic (exact) mass is 270 g/mol. The Balaban J connectivity index is 2.29. The second kappa shape index (κ2) is 5.48. The Morgan fingerprint density at radius 3 is 2.55 bits per heavy atom. The lowest BCUT2D eigenvalue weighted by molar-refractivity contribution is 0.104. The van der Waals surface area contributed by atoms with Crippen LogP contribution >= 0.6 is 0 Å². The number of carbonyl (C=O) groups excluding carboxylic acids is 1.